The molecule has 1 N–H and O–H groups in total. The van der Waals surface area contributed by atoms with Crippen LogP contribution in [-0.2, 0) is 4.79 Å². The van der Waals surface area contributed by atoms with Gasteiger partial charge in [-0.05, 0) is 55.7 Å². The van der Waals surface area contributed by atoms with Gasteiger partial charge in [-0.3, -0.25) is 19.3 Å². The lowest BCUT2D eigenvalue weighted by molar-refractivity contribution is -0.120. The molecule has 0 saturated carbocycles. The second kappa shape index (κ2) is 8.25. The van der Waals surface area contributed by atoms with E-state index in [9.17, 15) is 14.4 Å². The average Bonchev–Trinajstić information content (AvgIpc) is 2.92. The van der Waals surface area contributed by atoms with Gasteiger partial charge in [-0.15, -0.1) is 0 Å². The van der Waals surface area contributed by atoms with Crippen molar-refractivity contribution < 1.29 is 19.1 Å². The number of hydrogen-bond donors (Lipinski definition) is 1. The Hall–Kier alpha value is -3.15. The Morgan fingerprint density at radius 1 is 1.00 bits per heavy atom. The smallest absolute Gasteiger partial charge is 0.262 e. The van der Waals surface area contributed by atoms with E-state index in [2.05, 4.69) is 5.32 Å². The van der Waals surface area contributed by atoms with Crippen LogP contribution in [0.1, 0.15) is 47.9 Å². The van der Waals surface area contributed by atoms with Crippen LogP contribution in [0.25, 0.3) is 0 Å². The topological polar surface area (TPSA) is 75.7 Å². The van der Waals surface area contributed by atoms with E-state index < -0.39 is 17.9 Å². The third kappa shape index (κ3) is 3.91. The maximum atomic E-state index is 13.0. The highest BCUT2D eigenvalue weighted by Gasteiger charge is 2.42. The first kappa shape index (κ1) is 19.6. The van der Waals surface area contributed by atoms with E-state index in [-0.39, 0.29) is 11.8 Å². The molecular formula is C22H24N2O4. The molecule has 0 aromatic heterocycles. The minimum atomic E-state index is -0.876. The third-order valence-corrected chi connectivity index (χ3v) is 4.57. The molecule has 3 amide bonds. The van der Waals surface area contributed by atoms with Gasteiger partial charge in [-0.2, -0.15) is 0 Å². The number of hydrogen-bond acceptors (Lipinski definition) is 4. The number of nitrogens with one attached hydrogen (secondary N) is 1. The fraction of sp³-hybridized carbons (Fsp3) is 0.318. The van der Waals surface area contributed by atoms with Gasteiger partial charge in [0.25, 0.3) is 11.8 Å². The third-order valence-electron chi connectivity index (χ3n) is 4.57. The molecule has 0 spiro atoms. The van der Waals surface area contributed by atoms with Gasteiger partial charge in [0.2, 0.25) is 5.91 Å². The second-order valence-corrected chi connectivity index (χ2v) is 7.12. The lowest BCUT2D eigenvalue weighted by Crippen LogP contribution is -2.47. The molecule has 0 bridgehead atoms. The van der Waals surface area contributed by atoms with Crippen molar-refractivity contribution in [1.82, 2.24) is 4.90 Å². The molecule has 0 aliphatic carbocycles. The van der Waals surface area contributed by atoms with Crippen LogP contribution in [0.2, 0.25) is 0 Å². The zero-order chi connectivity index (χ0) is 20.3. The lowest BCUT2D eigenvalue weighted by Gasteiger charge is -2.26. The van der Waals surface area contributed by atoms with E-state index in [1.807, 2.05) is 20.8 Å². The minimum absolute atomic E-state index is 0.125. The van der Waals surface area contributed by atoms with Crippen molar-refractivity contribution in [3.63, 3.8) is 0 Å². The summed E-state index contributed by atoms with van der Waals surface area (Å²) in [5.41, 5.74) is 1.27. The summed E-state index contributed by atoms with van der Waals surface area (Å²) < 4.78 is 5.40. The van der Waals surface area contributed by atoms with Crippen LogP contribution in [0.15, 0.2) is 48.5 Å². The summed E-state index contributed by atoms with van der Waals surface area (Å²) >= 11 is 0. The standard InChI is InChI=1S/C22H24N2O4/c1-4-28-16-11-9-15(10-12-16)23-20(25)19(13-14(2)3)24-21(26)17-7-5-6-8-18(17)22(24)27/h5-12,14,19H,4,13H2,1-3H3,(H,23,25). The molecule has 6 heteroatoms. The first-order valence-corrected chi connectivity index (χ1v) is 9.43. The van der Waals surface area contributed by atoms with Crippen molar-refractivity contribution in [1.29, 1.82) is 0 Å². The SMILES string of the molecule is CCOc1ccc(NC(=O)C(CC(C)C)N2C(=O)c3ccccc3C2=O)cc1. The summed E-state index contributed by atoms with van der Waals surface area (Å²) in [6.45, 7) is 6.36. The van der Waals surface area contributed by atoms with Crippen LogP contribution in [0, 0.1) is 5.92 Å². The van der Waals surface area contributed by atoms with Crippen LogP contribution in [-0.4, -0.2) is 35.3 Å². The van der Waals surface area contributed by atoms with Crippen molar-refractivity contribution >= 4 is 23.4 Å². The molecule has 28 heavy (non-hydrogen) atoms. The summed E-state index contributed by atoms with van der Waals surface area (Å²) in [6.07, 6.45) is 0.383. The Labute approximate surface area is 164 Å². The summed E-state index contributed by atoms with van der Waals surface area (Å²) in [6, 6.07) is 12.8. The first-order chi connectivity index (χ1) is 13.4. The largest absolute Gasteiger partial charge is 0.494 e. The van der Waals surface area contributed by atoms with E-state index in [0.717, 1.165) is 4.90 Å². The monoisotopic (exact) mass is 380 g/mol. The molecule has 1 unspecified atom stereocenters. The van der Waals surface area contributed by atoms with Gasteiger partial charge in [0.05, 0.1) is 17.7 Å². The van der Waals surface area contributed by atoms with E-state index in [0.29, 0.717) is 35.6 Å². The average molecular weight is 380 g/mol. The number of rotatable bonds is 7. The van der Waals surface area contributed by atoms with E-state index in [1.54, 1.807) is 48.5 Å². The van der Waals surface area contributed by atoms with E-state index >= 15 is 0 Å². The number of amides is 3. The van der Waals surface area contributed by atoms with Gasteiger partial charge < -0.3 is 10.1 Å². The van der Waals surface area contributed by atoms with Crippen molar-refractivity contribution in [3.8, 4) is 5.75 Å². The number of carbonyl (C=O) groups excluding carboxylic acids is 3. The van der Waals surface area contributed by atoms with Crippen molar-refractivity contribution in [2.24, 2.45) is 5.92 Å². The lowest BCUT2D eigenvalue weighted by atomic mass is 10.0. The molecule has 2 aromatic rings. The maximum Gasteiger partial charge on any atom is 0.262 e. The van der Waals surface area contributed by atoms with Gasteiger partial charge in [0, 0.05) is 5.69 Å². The number of nitrogens with zero attached hydrogens (tertiary/aromatic N) is 1. The van der Waals surface area contributed by atoms with Crippen LogP contribution in [0.3, 0.4) is 0 Å². The molecule has 0 radical (unpaired) electrons. The second-order valence-electron chi connectivity index (χ2n) is 7.12. The van der Waals surface area contributed by atoms with Crippen molar-refractivity contribution in [2.45, 2.75) is 33.2 Å². The molecule has 1 aliphatic heterocycles. The normalized spacial score (nSPS) is 14.2. The van der Waals surface area contributed by atoms with Crippen molar-refractivity contribution in [3.05, 3.63) is 59.7 Å². The zero-order valence-electron chi connectivity index (χ0n) is 16.3. The highest BCUT2D eigenvalue weighted by atomic mass is 16.5. The Kier molecular flexibility index (Phi) is 5.78. The molecule has 1 heterocycles. The molecule has 2 aromatic carbocycles. The van der Waals surface area contributed by atoms with E-state index in [4.69, 9.17) is 4.74 Å². The van der Waals surface area contributed by atoms with Gasteiger partial charge in [-0.1, -0.05) is 26.0 Å². The van der Waals surface area contributed by atoms with Crippen LogP contribution in [0.5, 0.6) is 5.75 Å². The highest BCUT2D eigenvalue weighted by molar-refractivity contribution is 6.23. The van der Waals surface area contributed by atoms with Gasteiger partial charge >= 0.3 is 0 Å². The molecule has 1 aliphatic rings. The molecule has 1 atom stereocenters. The Balaban J connectivity index is 1.83. The first-order valence-electron chi connectivity index (χ1n) is 9.43. The van der Waals surface area contributed by atoms with Gasteiger partial charge in [0.15, 0.2) is 0 Å². The maximum absolute atomic E-state index is 13.0. The Morgan fingerprint density at radius 2 is 1.57 bits per heavy atom. The summed E-state index contributed by atoms with van der Waals surface area (Å²) in [5.74, 6) is -0.395. The summed E-state index contributed by atoms with van der Waals surface area (Å²) in [5, 5.41) is 2.82. The number of carbonyl (C=O) groups is 3. The molecule has 3 rings (SSSR count). The van der Waals surface area contributed by atoms with Crippen LogP contribution in [0.4, 0.5) is 5.69 Å². The fourth-order valence-corrected chi connectivity index (χ4v) is 3.29. The quantitative estimate of drug-likeness (QED) is 0.743. The number of benzene rings is 2. The zero-order valence-corrected chi connectivity index (χ0v) is 16.3. The number of ether oxygens (including phenoxy) is 1. The van der Waals surface area contributed by atoms with Crippen molar-refractivity contribution in [2.75, 3.05) is 11.9 Å². The summed E-state index contributed by atoms with van der Waals surface area (Å²) in [4.78, 5) is 39.7. The number of anilines is 1. The molecular weight excluding hydrogens is 356 g/mol. The predicted octanol–water partition coefficient (Wildman–Crippen LogP) is 3.73. The number of fused-ring (bicyclic) bond motifs is 1. The summed E-state index contributed by atoms with van der Waals surface area (Å²) in [7, 11) is 0. The Bertz CT molecular complexity index is 855. The number of imide groups is 1. The van der Waals surface area contributed by atoms with Crippen LogP contribution < -0.4 is 10.1 Å². The Morgan fingerprint density at radius 3 is 2.07 bits per heavy atom. The van der Waals surface area contributed by atoms with E-state index in [1.165, 1.54) is 0 Å². The molecule has 146 valence electrons. The van der Waals surface area contributed by atoms with Gasteiger partial charge in [0.1, 0.15) is 11.8 Å². The van der Waals surface area contributed by atoms with Crippen LogP contribution >= 0.6 is 0 Å². The molecule has 0 fully saturated rings. The predicted molar refractivity (Wildman–Crippen MR) is 106 cm³/mol. The highest BCUT2D eigenvalue weighted by Crippen LogP contribution is 2.27. The van der Waals surface area contributed by atoms with Gasteiger partial charge in [-0.25, -0.2) is 0 Å². The fourth-order valence-electron chi connectivity index (χ4n) is 3.29. The molecule has 6 nitrogen and oxygen atoms in total. The molecule has 0 saturated heterocycles. The minimum Gasteiger partial charge on any atom is -0.494 e.